The molecule has 0 saturated carbocycles. The Hall–Kier alpha value is -1.46. The summed E-state index contributed by atoms with van der Waals surface area (Å²) in [4.78, 5) is 12.9. The number of nitro groups is 1. The highest BCUT2D eigenvalue weighted by atomic mass is 16.6. The molecule has 1 aliphatic heterocycles. The van der Waals surface area contributed by atoms with Crippen molar-refractivity contribution < 1.29 is 4.92 Å². The quantitative estimate of drug-likeness (QED) is 0.664. The molecule has 1 fully saturated rings. The van der Waals surface area contributed by atoms with Gasteiger partial charge >= 0.3 is 0 Å². The van der Waals surface area contributed by atoms with E-state index < -0.39 is 0 Å². The van der Waals surface area contributed by atoms with E-state index in [0.29, 0.717) is 0 Å². The van der Waals surface area contributed by atoms with Crippen LogP contribution >= 0.6 is 0 Å². The van der Waals surface area contributed by atoms with Gasteiger partial charge < -0.3 is 5.32 Å². The van der Waals surface area contributed by atoms with Crippen LogP contribution in [0.3, 0.4) is 0 Å². The molecule has 1 aromatic rings. The summed E-state index contributed by atoms with van der Waals surface area (Å²) in [6, 6.07) is 7.25. The summed E-state index contributed by atoms with van der Waals surface area (Å²) < 4.78 is 0. The number of hydrogen-bond acceptors (Lipinski definition) is 4. The van der Waals surface area contributed by atoms with Gasteiger partial charge in [-0.3, -0.25) is 15.0 Å². The summed E-state index contributed by atoms with van der Waals surface area (Å²) in [6.07, 6.45) is 2.39. The van der Waals surface area contributed by atoms with E-state index in [-0.39, 0.29) is 16.7 Å². The predicted molar refractivity (Wildman–Crippen MR) is 79.7 cm³/mol. The zero-order chi connectivity index (χ0) is 14.5. The highest BCUT2D eigenvalue weighted by molar-refractivity contribution is 5.35. The van der Waals surface area contributed by atoms with Gasteiger partial charge in [-0.1, -0.05) is 12.1 Å². The van der Waals surface area contributed by atoms with Crippen molar-refractivity contribution in [2.75, 3.05) is 26.7 Å². The first-order chi connectivity index (χ1) is 9.61. The Labute approximate surface area is 120 Å². The molecule has 1 atom stereocenters. The van der Waals surface area contributed by atoms with Gasteiger partial charge in [-0.05, 0) is 57.9 Å². The molecule has 5 nitrogen and oxygen atoms in total. The lowest BCUT2D eigenvalue weighted by Gasteiger charge is -2.36. The van der Waals surface area contributed by atoms with Gasteiger partial charge in [-0.15, -0.1) is 0 Å². The van der Waals surface area contributed by atoms with Crippen molar-refractivity contribution in [2.24, 2.45) is 5.92 Å². The van der Waals surface area contributed by atoms with Crippen LogP contribution in [0.5, 0.6) is 0 Å². The SMILES string of the molecule is CNCC1CCN(C(C)c2cccc([N+](=O)[O-])c2)CC1. The third-order valence-electron chi connectivity index (χ3n) is 4.25. The fourth-order valence-electron chi connectivity index (χ4n) is 2.94. The molecule has 110 valence electrons. The van der Waals surface area contributed by atoms with Crippen molar-refractivity contribution in [3.63, 3.8) is 0 Å². The van der Waals surface area contributed by atoms with E-state index in [1.54, 1.807) is 18.2 Å². The monoisotopic (exact) mass is 277 g/mol. The molecular formula is C15H23N3O2. The molecule has 0 aliphatic carbocycles. The molecule has 0 bridgehead atoms. The van der Waals surface area contributed by atoms with E-state index >= 15 is 0 Å². The molecule has 0 amide bonds. The zero-order valence-electron chi connectivity index (χ0n) is 12.2. The minimum atomic E-state index is -0.324. The standard InChI is InChI=1S/C15H23N3O2/c1-12(14-4-3-5-15(10-14)18(19)20)17-8-6-13(7-9-17)11-16-2/h3-5,10,12-13,16H,6-9,11H2,1-2H3. The molecule has 2 rings (SSSR count). The second kappa shape index (κ2) is 6.81. The highest BCUT2D eigenvalue weighted by Gasteiger charge is 2.23. The Kier molecular flexibility index (Phi) is 5.09. The fraction of sp³-hybridized carbons (Fsp3) is 0.600. The molecule has 1 N–H and O–H groups in total. The van der Waals surface area contributed by atoms with Crippen molar-refractivity contribution in [2.45, 2.75) is 25.8 Å². The minimum absolute atomic E-state index is 0.180. The number of nitrogens with zero attached hydrogens (tertiary/aromatic N) is 2. The van der Waals surface area contributed by atoms with Gasteiger partial charge in [0, 0.05) is 18.2 Å². The van der Waals surface area contributed by atoms with Gasteiger partial charge in [-0.2, -0.15) is 0 Å². The Morgan fingerprint density at radius 3 is 2.75 bits per heavy atom. The maximum absolute atomic E-state index is 10.9. The van der Waals surface area contributed by atoms with Crippen molar-refractivity contribution in [3.05, 3.63) is 39.9 Å². The molecule has 5 heteroatoms. The minimum Gasteiger partial charge on any atom is -0.319 e. The summed E-state index contributed by atoms with van der Waals surface area (Å²) >= 11 is 0. The van der Waals surface area contributed by atoms with Crippen LogP contribution < -0.4 is 5.32 Å². The smallest absolute Gasteiger partial charge is 0.269 e. The number of non-ortho nitro benzene ring substituents is 1. The van der Waals surface area contributed by atoms with E-state index in [1.165, 1.54) is 12.8 Å². The normalized spacial score (nSPS) is 18.9. The van der Waals surface area contributed by atoms with Crippen LogP contribution in [0.4, 0.5) is 5.69 Å². The zero-order valence-corrected chi connectivity index (χ0v) is 12.2. The van der Waals surface area contributed by atoms with E-state index in [1.807, 2.05) is 13.1 Å². The van der Waals surface area contributed by atoms with Crippen LogP contribution in [0.15, 0.2) is 24.3 Å². The average Bonchev–Trinajstić information content (AvgIpc) is 2.48. The Balaban J connectivity index is 1.99. The number of nitrogens with one attached hydrogen (secondary N) is 1. The molecule has 1 aromatic carbocycles. The number of benzene rings is 1. The van der Waals surface area contributed by atoms with Gasteiger partial charge in [0.1, 0.15) is 0 Å². The maximum atomic E-state index is 10.9. The molecule has 1 unspecified atom stereocenters. The molecule has 1 saturated heterocycles. The van der Waals surface area contributed by atoms with E-state index in [9.17, 15) is 10.1 Å². The molecular weight excluding hydrogens is 254 g/mol. The Morgan fingerprint density at radius 1 is 1.45 bits per heavy atom. The largest absolute Gasteiger partial charge is 0.319 e. The average molecular weight is 277 g/mol. The van der Waals surface area contributed by atoms with Gasteiger partial charge in [0.25, 0.3) is 5.69 Å². The van der Waals surface area contributed by atoms with Crippen LogP contribution in [0.25, 0.3) is 0 Å². The molecule has 20 heavy (non-hydrogen) atoms. The Bertz CT molecular complexity index is 456. The van der Waals surface area contributed by atoms with E-state index in [4.69, 9.17) is 0 Å². The van der Waals surface area contributed by atoms with Gasteiger partial charge in [0.2, 0.25) is 0 Å². The number of hydrogen-bond donors (Lipinski definition) is 1. The van der Waals surface area contributed by atoms with E-state index in [0.717, 1.165) is 31.1 Å². The third kappa shape index (κ3) is 3.55. The predicted octanol–water partition coefficient (Wildman–Crippen LogP) is 2.59. The second-order valence-electron chi connectivity index (χ2n) is 5.57. The van der Waals surface area contributed by atoms with Crippen molar-refractivity contribution in [1.82, 2.24) is 10.2 Å². The molecule has 1 heterocycles. The fourth-order valence-corrected chi connectivity index (χ4v) is 2.94. The summed E-state index contributed by atoms with van der Waals surface area (Å²) in [5.74, 6) is 0.758. The molecule has 0 radical (unpaired) electrons. The molecule has 0 spiro atoms. The first kappa shape index (κ1) is 14.9. The number of piperidine rings is 1. The summed E-state index contributed by atoms with van der Waals surface area (Å²) in [7, 11) is 2.00. The first-order valence-electron chi connectivity index (χ1n) is 7.25. The van der Waals surface area contributed by atoms with Crippen LogP contribution in [-0.4, -0.2) is 36.5 Å². The van der Waals surface area contributed by atoms with Crippen molar-refractivity contribution in [1.29, 1.82) is 0 Å². The van der Waals surface area contributed by atoms with Crippen LogP contribution in [-0.2, 0) is 0 Å². The number of likely N-dealkylation sites (tertiary alicyclic amines) is 1. The topological polar surface area (TPSA) is 58.4 Å². The lowest BCUT2D eigenvalue weighted by atomic mass is 9.94. The second-order valence-corrected chi connectivity index (χ2v) is 5.57. The maximum Gasteiger partial charge on any atom is 0.269 e. The van der Waals surface area contributed by atoms with Gasteiger partial charge in [-0.25, -0.2) is 0 Å². The lowest BCUT2D eigenvalue weighted by Crippen LogP contribution is -2.38. The van der Waals surface area contributed by atoms with Crippen LogP contribution in [0, 0.1) is 16.0 Å². The lowest BCUT2D eigenvalue weighted by molar-refractivity contribution is -0.385. The summed E-state index contributed by atoms with van der Waals surface area (Å²) in [5, 5.41) is 14.1. The summed E-state index contributed by atoms with van der Waals surface area (Å²) in [5.41, 5.74) is 1.21. The van der Waals surface area contributed by atoms with Crippen molar-refractivity contribution in [3.8, 4) is 0 Å². The Morgan fingerprint density at radius 2 is 2.15 bits per heavy atom. The van der Waals surface area contributed by atoms with Crippen LogP contribution in [0.2, 0.25) is 0 Å². The summed E-state index contributed by atoms with van der Waals surface area (Å²) in [6.45, 7) is 5.35. The van der Waals surface area contributed by atoms with Gasteiger partial charge in [0.05, 0.1) is 4.92 Å². The number of rotatable bonds is 5. The molecule has 1 aliphatic rings. The highest BCUT2D eigenvalue weighted by Crippen LogP contribution is 2.28. The third-order valence-corrected chi connectivity index (χ3v) is 4.25. The number of nitro benzene ring substituents is 1. The first-order valence-corrected chi connectivity index (χ1v) is 7.25. The molecule has 0 aromatic heterocycles. The van der Waals surface area contributed by atoms with E-state index in [2.05, 4.69) is 17.1 Å². The van der Waals surface area contributed by atoms with Gasteiger partial charge in [0.15, 0.2) is 0 Å². The van der Waals surface area contributed by atoms with Crippen molar-refractivity contribution >= 4 is 5.69 Å². The van der Waals surface area contributed by atoms with Crippen LogP contribution in [0.1, 0.15) is 31.4 Å².